The Morgan fingerprint density at radius 2 is 1.65 bits per heavy atom. The van der Waals surface area contributed by atoms with Crippen LogP contribution in [0.4, 0.5) is 40.3 Å². The number of aryl methyl sites for hydroxylation is 1. The zero-order valence-corrected chi connectivity index (χ0v) is 36.1. The third-order valence-electron chi connectivity index (χ3n) is 10.7. The number of sulfonamides is 1. The molecule has 6 N–H and O–H groups in total. The molecule has 65 heavy (non-hydrogen) atoms. The standard InChI is InChI=1S/C42H40F4N10O7S2/c1-41(59,40(58)51-29-11-8-25(21-47)32(20-29)42(44,45)46)22-64(60,61)30-14-12-27(13-15-30)48-16-4-3-5-17-65(62,63)55-28-9-6-24(7-10-28)36-35(38-49-23-50-56(38)2)37-34-31(39(57)54-53-37)18-26(43)19-33(34)52-36/h6-15,18-20,23,35-36,48,52,55,59H,3-5,16-17,22H2,1-2H3,(H,51,58)(H,54,57)/t35-,36-,41?/m1/s1. The van der Waals surface area contributed by atoms with Crippen LogP contribution in [-0.4, -0.2) is 76.5 Å². The summed E-state index contributed by atoms with van der Waals surface area (Å²) in [4.78, 5) is 29.6. The van der Waals surface area contributed by atoms with Gasteiger partial charge in [-0.2, -0.15) is 28.6 Å². The highest BCUT2D eigenvalue weighted by Crippen LogP contribution is 2.46. The zero-order chi connectivity index (χ0) is 46.9. The first kappa shape index (κ1) is 46.1. The summed E-state index contributed by atoms with van der Waals surface area (Å²) < 4.78 is 111. The van der Waals surface area contributed by atoms with Gasteiger partial charge in [0, 0.05) is 41.7 Å². The van der Waals surface area contributed by atoms with Crippen molar-refractivity contribution in [1.82, 2.24) is 25.0 Å². The van der Waals surface area contributed by atoms with Crippen LogP contribution in [0.25, 0.3) is 10.8 Å². The van der Waals surface area contributed by atoms with Crippen molar-refractivity contribution in [3.63, 3.8) is 0 Å². The first-order valence-corrected chi connectivity index (χ1v) is 23.1. The van der Waals surface area contributed by atoms with Crippen LogP contribution in [0.5, 0.6) is 0 Å². The van der Waals surface area contributed by atoms with Gasteiger partial charge in [-0.1, -0.05) is 18.6 Å². The summed E-state index contributed by atoms with van der Waals surface area (Å²) in [5.41, 5.74) is -3.09. The summed E-state index contributed by atoms with van der Waals surface area (Å²) in [6.45, 7) is 1.33. The molecule has 0 spiro atoms. The second-order valence-electron chi connectivity index (χ2n) is 15.6. The van der Waals surface area contributed by atoms with Crippen LogP contribution in [0.2, 0.25) is 0 Å². The van der Waals surface area contributed by atoms with E-state index in [0.717, 1.165) is 25.1 Å². The molecule has 23 heteroatoms. The summed E-state index contributed by atoms with van der Waals surface area (Å²) in [6.07, 6.45) is -2.09. The molecule has 0 saturated carbocycles. The summed E-state index contributed by atoms with van der Waals surface area (Å²) in [5.74, 6) is -3.19. The SMILES string of the molecule is Cn1ncnc1[C@H]1c2n[nH]c(=O)c3cc(F)cc(c23)N[C@@H]1c1ccc(NS(=O)(=O)CCCCCNc2ccc(S(=O)(=O)CC(C)(O)C(=O)Nc3ccc(C#N)c(C(F)(F)F)c3)cc2)cc1. The topological polar surface area (TPSA) is 254 Å². The minimum absolute atomic E-state index is 0.131. The molecule has 0 saturated heterocycles. The third kappa shape index (κ3) is 10.2. The number of H-pyrrole nitrogens is 1. The molecule has 340 valence electrons. The van der Waals surface area contributed by atoms with Gasteiger partial charge in [0.1, 0.15) is 18.0 Å². The van der Waals surface area contributed by atoms with E-state index in [1.54, 1.807) is 36.0 Å². The predicted octanol–water partition coefficient (Wildman–Crippen LogP) is 5.57. The van der Waals surface area contributed by atoms with E-state index in [2.05, 4.69) is 41.0 Å². The molecule has 0 fully saturated rings. The number of anilines is 4. The maximum atomic E-state index is 14.6. The summed E-state index contributed by atoms with van der Waals surface area (Å²) >= 11 is 0. The molecule has 6 aromatic rings. The van der Waals surface area contributed by atoms with Crippen LogP contribution in [-0.2, 0) is 37.9 Å². The number of sulfone groups is 1. The number of nitrogens with zero attached hydrogens (tertiary/aromatic N) is 5. The number of rotatable bonds is 16. The molecule has 1 unspecified atom stereocenters. The lowest BCUT2D eigenvalue weighted by Gasteiger charge is -2.33. The number of alkyl halides is 3. The van der Waals surface area contributed by atoms with Crippen LogP contribution in [0.1, 0.15) is 66.4 Å². The van der Waals surface area contributed by atoms with E-state index in [1.807, 2.05) is 0 Å². The molecule has 3 heterocycles. The van der Waals surface area contributed by atoms with Crippen molar-refractivity contribution in [2.24, 2.45) is 7.05 Å². The maximum absolute atomic E-state index is 14.6. The van der Waals surface area contributed by atoms with E-state index in [9.17, 15) is 49.1 Å². The number of unbranched alkanes of at least 4 members (excludes halogenated alkanes) is 2. The van der Waals surface area contributed by atoms with Crippen molar-refractivity contribution >= 4 is 59.3 Å². The van der Waals surface area contributed by atoms with Gasteiger partial charge in [0.05, 0.1) is 56.6 Å². The molecular weight excluding hydrogens is 897 g/mol. The van der Waals surface area contributed by atoms with Gasteiger partial charge in [0.2, 0.25) is 10.0 Å². The highest BCUT2D eigenvalue weighted by molar-refractivity contribution is 7.92. The van der Waals surface area contributed by atoms with Gasteiger partial charge in [-0.25, -0.2) is 31.3 Å². The van der Waals surface area contributed by atoms with Gasteiger partial charge >= 0.3 is 6.18 Å². The van der Waals surface area contributed by atoms with Crippen LogP contribution < -0.4 is 26.2 Å². The van der Waals surface area contributed by atoms with Crippen LogP contribution >= 0.6 is 0 Å². The fraction of sp³-hybridized carbons (Fsp3) is 0.286. The molecule has 1 aliphatic heterocycles. The smallest absolute Gasteiger partial charge is 0.385 e. The summed E-state index contributed by atoms with van der Waals surface area (Å²) in [5, 5.41) is 39.9. The fourth-order valence-corrected chi connectivity index (χ4v) is 10.3. The molecule has 2 aromatic heterocycles. The van der Waals surface area contributed by atoms with Crippen molar-refractivity contribution in [2.45, 2.75) is 54.8 Å². The Hall–Kier alpha value is -6.90. The molecule has 3 atom stereocenters. The fourth-order valence-electron chi connectivity index (χ4n) is 7.50. The molecule has 4 aromatic carbocycles. The Morgan fingerprint density at radius 1 is 0.954 bits per heavy atom. The zero-order valence-electron chi connectivity index (χ0n) is 34.4. The number of aromatic amines is 1. The van der Waals surface area contributed by atoms with Crippen molar-refractivity contribution < 1.29 is 44.3 Å². The average Bonchev–Trinajstić information content (AvgIpc) is 3.67. The van der Waals surface area contributed by atoms with Crippen LogP contribution in [0, 0.1) is 17.1 Å². The minimum Gasteiger partial charge on any atom is -0.385 e. The number of nitriles is 1. The Morgan fingerprint density at radius 3 is 2.31 bits per heavy atom. The van der Waals surface area contributed by atoms with Crippen LogP contribution in [0.3, 0.4) is 0 Å². The number of amides is 1. The lowest BCUT2D eigenvalue weighted by Crippen LogP contribution is -2.45. The van der Waals surface area contributed by atoms with Gasteiger partial charge in [-0.05, 0) is 92.1 Å². The van der Waals surface area contributed by atoms with Gasteiger partial charge in [-0.3, -0.25) is 19.0 Å². The number of benzene rings is 4. The molecule has 0 bridgehead atoms. The lowest BCUT2D eigenvalue weighted by atomic mass is 9.83. The van der Waals surface area contributed by atoms with Crippen molar-refractivity contribution in [3.8, 4) is 6.07 Å². The second kappa shape index (κ2) is 17.9. The van der Waals surface area contributed by atoms with E-state index in [1.165, 1.54) is 42.7 Å². The lowest BCUT2D eigenvalue weighted by molar-refractivity contribution is -0.137. The monoisotopic (exact) mass is 936 g/mol. The largest absolute Gasteiger partial charge is 0.417 e. The number of carbonyl (C=O) groups is 1. The van der Waals surface area contributed by atoms with Gasteiger partial charge in [0.25, 0.3) is 11.5 Å². The second-order valence-corrected chi connectivity index (χ2v) is 19.4. The molecule has 0 aliphatic carbocycles. The van der Waals surface area contributed by atoms with E-state index in [4.69, 9.17) is 5.26 Å². The quantitative estimate of drug-likeness (QED) is 0.0514. The number of aromatic nitrogens is 5. The Kier molecular flexibility index (Phi) is 12.7. The number of halogens is 4. The normalized spacial score (nSPS) is 16.0. The Labute approximate surface area is 368 Å². The number of aliphatic hydroxyl groups is 1. The highest BCUT2D eigenvalue weighted by Gasteiger charge is 2.40. The van der Waals surface area contributed by atoms with E-state index >= 15 is 0 Å². The van der Waals surface area contributed by atoms with E-state index in [0.29, 0.717) is 71.4 Å². The molecule has 17 nitrogen and oxygen atoms in total. The average molecular weight is 937 g/mol. The number of hydrogen-bond donors (Lipinski definition) is 6. The summed E-state index contributed by atoms with van der Waals surface area (Å²) in [7, 11) is -6.31. The highest BCUT2D eigenvalue weighted by atomic mass is 32.2. The molecule has 1 amide bonds. The van der Waals surface area contributed by atoms with Crippen LogP contribution in [0.15, 0.2) is 94.9 Å². The first-order valence-electron chi connectivity index (χ1n) is 19.8. The van der Waals surface area contributed by atoms with Crippen molar-refractivity contribution in [3.05, 3.63) is 130 Å². The molecule has 7 rings (SSSR count). The van der Waals surface area contributed by atoms with E-state index in [-0.39, 0.29) is 16.0 Å². The first-order chi connectivity index (χ1) is 30.7. The van der Waals surface area contributed by atoms with E-state index < -0.39 is 83.4 Å². The Bertz CT molecular complexity index is 3100. The maximum Gasteiger partial charge on any atom is 0.417 e. The van der Waals surface area contributed by atoms with Gasteiger partial charge < -0.3 is 21.1 Å². The number of nitrogens with one attached hydrogen (secondary N) is 5. The van der Waals surface area contributed by atoms with Crippen molar-refractivity contribution in [1.29, 1.82) is 5.26 Å². The number of hydrogen-bond acceptors (Lipinski definition) is 13. The third-order valence-corrected chi connectivity index (χ3v) is 14.0. The molecular formula is C42H40F4N10O7S2. The van der Waals surface area contributed by atoms with Crippen molar-refractivity contribution in [2.75, 3.05) is 38.7 Å². The Balaban J connectivity index is 0.886. The molecule has 0 radical (unpaired) electrons. The number of carbonyl (C=O) groups excluding carboxylic acids is 1. The summed E-state index contributed by atoms with van der Waals surface area (Å²) in [6, 6.07) is 17.8. The predicted molar refractivity (Wildman–Crippen MR) is 232 cm³/mol. The van der Waals surface area contributed by atoms with Gasteiger partial charge in [0.15, 0.2) is 15.4 Å². The van der Waals surface area contributed by atoms with Gasteiger partial charge in [-0.15, -0.1) is 0 Å². The minimum atomic E-state index is -4.90. The molecule has 1 aliphatic rings.